The van der Waals surface area contributed by atoms with Crippen molar-refractivity contribution in [1.29, 1.82) is 0 Å². The van der Waals surface area contributed by atoms with Crippen LogP contribution in [0.5, 0.6) is 0 Å². The summed E-state index contributed by atoms with van der Waals surface area (Å²) in [5.74, 6) is 1.20. The van der Waals surface area contributed by atoms with Gasteiger partial charge in [0.15, 0.2) is 5.78 Å². The molecular weight excluding hydrogens is 823 g/mol. The average Bonchev–Trinajstić information content (AvgIpc) is 3.49. The minimum Gasteiger partial charge on any atom is -0.512 e. The zero-order chi connectivity index (χ0) is 36.4. The fourth-order valence-corrected chi connectivity index (χ4v) is 10.1. The second kappa shape index (κ2) is 16.9. The molecule has 0 saturated heterocycles. The van der Waals surface area contributed by atoms with Crippen molar-refractivity contribution in [3.63, 3.8) is 0 Å². The van der Waals surface area contributed by atoms with E-state index >= 15 is 0 Å². The maximum Gasteiger partial charge on any atom is 0.162 e. The molecule has 1 radical (unpaired) electrons. The third-order valence-corrected chi connectivity index (χ3v) is 12.2. The summed E-state index contributed by atoms with van der Waals surface area (Å²) < 4.78 is 1.41. The SMILES string of the molecule is CCC(CC)C(=O)/C=C(\O)C(CC)CC.Cc1[c-]c(-c2nccc3c2ccc2c4cc(C5CC(C)(C)CC(C)(C)C5)sc4ccc32)cc(C)c1.[Ir]. The number of hydrogen-bond acceptors (Lipinski definition) is 4. The van der Waals surface area contributed by atoms with Crippen LogP contribution >= 0.6 is 11.3 Å². The Morgan fingerprint density at radius 2 is 1.41 bits per heavy atom. The molecule has 6 rings (SSSR count). The van der Waals surface area contributed by atoms with Crippen LogP contribution in [0.2, 0.25) is 0 Å². The van der Waals surface area contributed by atoms with Crippen LogP contribution in [-0.2, 0) is 24.9 Å². The number of hydrogen-bond donors (Lipinski definition) is 1. The van der Waals surface area contributed by atoms with Gasteiger partial charge in [0.25, 0.3) is 0 Å². The van der Waals surface area contributed by atoms with Crippen LogP contribution in [0.4, 0.5) is 0 Å². The van der Waals surface area contributed by atoms with Gasteiger partial charge in [0.1, 0.15) is 0 Å². The summed E-state index contributed by atoms with van der Waals surface area (Å²) in [4.78, 5) is 18.1. The first-order valence-corrected chi connectivity index (χ1v) is 19.7. The normalized spacial score (nSPS) is 16.0. The molecule has 1 N–H and O–H groups in total. The van der Waals surface area contributed by atoms with Crippen molar-refractivity contribution in [2.24, 2.45) is 22.7 Å². The van der Waals surface area contributed by atoms with Gasteiger partial charge in [-0.15, -0.1) is 46.2 Å². The number of allylic oxidation sites excluding steroid dienone is 2. The van der Waals surface area contributed by atoms with Crippen molar-refractivity contribution in [1.82, 2.24) is 4.98 Å². The molecular formula is C46H58IrNO2S-. The monoisotopic (exact) mass is 881 g/mol. The largest absolute Gasteiger partial charge is 0.512 e. The number of carbonyl (C=O) groups excluding carboxylic acids is 1. The number of benzene rings is 3. The molecule has 1 fully saturated rings. The number of rotatable bonds is 9. The molecule has 0 amide bonds. The Kier molecular flexibility index (Phi) is 13.5. The van der Waals surface area contributed by atoms with Gasteiger partial charge in [-0.1, -0.05) is 87.4 Å². The molecule has 3 aromatic carbocycles. The zero-order valence-corrected chi connectivity index (χ0v) is 35.7. The summed E-state index contributed by atoms with van der Waals surface area (Å²) in [7, 11) is 0. The summed E-state index contributed by atoms with van der Waals surface area (Å²) in [6, 6.07) is 21.8. The van der Waals surface area contributed by atoms with Crippen LogP contribution in [0.25, 0.3) is 42.9 Å². The van der Waals surface area contributed by atoms with Gasteiger partial charge in [0.2, 0.25) is 0 Å². The van der Waals surface area contributed by atoms with Crippen LogP contribution in [0.15, 0.2) is 66.6 Å². The molecule has 0 aliphatic heterocycles. The molecule has 1 saturated carbocycles. The van der Waals surface area contributed by atoms with E-state index in [0.29, 0.717) is 16.7 Å². The average molecular weight is 881 g/mol. The maximum atomic E-state index is 11.7. The fourth-order valence-electron chi connectivity index (χ4n) is 8.88. The molecule has 275 valence electrons. The number of carbonyl (C=O) groups is 1. The van der Waals surface area contributed by atoms with Gasteiger partial charge >= 0.3 is 0 Å². The predicted molar refractivity (Wildman–Crippen MR) is 216 cm³/mol. The van der Waals surface area contributed by atoms with E-state index in [4.69, 9.17) is 4.98 Å². The van der Waals surface area contributed by atoms with E-state index in [1.54, 1.807) is 4.88 Å². The van der Waals surface area contributed by atoms with Gasteiger partial charge in [0.05, 0.1) is 5.76 Å². The topological polar surface area (TPSA) is 50.2 Å². The number of ketones is 1. The van der Waals surface area contributed by atoms with Gasteiger partial charge < -0.3 is 10.1 Å². The summed E-state index contributed by atoms with van der Waals surface area (Å²) in [5.41, 5.74) is 5.30. The number of aromatic nitrogens is 1. The van der Waals surface area contributed by atoms with E-state index < -0.39 is 0 Å². The number of nitrogens with zero attached hydrogens (tertiary/aromatic N) is 1. The van der Waals surface area contributed by atoms with Crippen LogP contribution in [0.3, 0.4) is 0 Å². The Balaban J connectivity index is 0.000000312. The van der Waals surface area contributed by atoms with E-state index in [-0.39, 0.29) is 43.5 Å². The number of thiophene rings is 1. The minimum atomic E-state index is 0. The van der Waals surface area contributed by atoms with E-state index in [1.807, 2.05) is 45.2 Å². The van der Waals surface area contributed by atoms with Crippen molar-refractivity contribution in [3.05, 3.63) is 88.6 Å². The van der Waals surface area contributed by atoms with E-state index in [9.17, 15) is 9.90 Å². The Morgan fingerprint density at radius 1 is 0.843 bits per heavy atom. The first kappa shape index (κ1) is 40.9. The van der Waals surface area contributed by atoms with Crippen molar-refractivity contribution >= 4 is 48.8 Å². The molecule has 0 atom stereocenters. The summed E-state index contributed by atoms with van der Waals surface area (Å²) >= 11 is 2.01. The number of aryl methyl sites for hydroxylation is 2. The van der Waals surface area contributed by atoms with E-state index in [0.717, 1.165) is 42.5 Å². The number of aliphatic hydroxyl groups is 1. The van der Waals surface area contributed by atoms with Gasteiger partial charge in [-0.25, -0.2) is 0 Å². The second-order valence-corrected chi connectivity index (χ2v) is 17.5. The molecule has 51 heavy (non-hydrogen) atoms. The molecule has 0 bridgehead atoms. The Labute approximate surface area is 324 Å². The van der Waals surface area contributed by atoms with E-state index in [1.165, 1.54) is 62.5 Å². The smallest absolute Gasteiger partial charge is 0.162 e. The Morgan fingerprint density at radius 3 is 2.02 bits per heavy atom. The van der Waals surface area contributed by atoms with E-state index in [2.05, 4.69) is 96.1 Å². The van der Waals surface area contributed by atoms with Crippen LogP contribution in [0.1, 0.15) is 122 Å². The Bertz CT molecular complexity index is 1970. The predicted octanol–water partition coefficient (Wildman–Crippen LogP) is 13.9. The summed E-state index contributed by atoms with van der Waals surface area (Å²) in [5, 5.41) is 16.3. The fraction of sp³-hybridized carbons (Fsp3) is 0.478. The van der Waals surface area contributed by atoms with Crippen LogP contribution < -0.4 is 0 Å². The third kappa shape index (κ3) is 9.39. The van der Waals surface area contributed by atoms with Crippen molar-refractivity contribution in [2.75, 3.05) is 0 Å². The van der Waals surface area contributed by atoms with Gasteiger partial charge in [-0.3, -0.25) is 4.79 Å². The first-order valence-electron chi connectivity index (χ1n) is 18.9. The van der Waals surface area contributed by atoms with Crippen LogP contribution in [-0.4, -0.2) is 15.9 Å². The summed E-state index contributed by atoms with van der Waals surface area (Å²) in [6.45, 7) is 22.1. The number of pyridine rings is 1. The molecule has 0 spiro atoms. The first-order chi connectivity index (χ1) is 23.7. The van der Waals surface area contributed by atoms with Crippen molar-refractivity contribution in [3.8, 4) is 11.3 Å². The van der Waals surface area contributed by atoms with Gasteiger partial charge in [-0.2, -0.15) is 0 Å². The number of aliphatic hydroxyl groups excluding tert-OH is 1. The molecule has 1 aliphatic carbocycles. The molecule has 3 nitrogen and oxygen atoms in total. The molecule has 5 heteroatoms. The zero-order valence-electron chi connectivity index (χ0n) is 32.5. The van der Waals surface area contributed by atoms with Gasteiger partial charge in [-0.05, 0) is 107 Å². The molecule has 2 aromatic heterocycles. The van der Waals surface area contributed by atoms with Crippen molar-refractivity contribution < 1.29 is 30.0 Å². The standard InChI is InChI=1S/C33H34NS.C13H24O2.Ir/c1-20-13-21(2)15-22(14-20)31-27-8-7-25-24(26(27)11-12-34-31)9-10-29-28(25)16-30(35-29)23-17-32(3,4)19-33(5,6)18-23;1-5-10(6-2)12(14)9-13(15)11(7-3)8-4;/h7-14,16,23H,17-19H2,1-6H3;9-11,14H,5-8H2,1-4H3;/q-1;;/b;12-9-;. The van der Waals surface area contributed by atoms with Crippen LogP contribution in [0, 0.1) is 42.6 Å². The second-order valence-electron chi connectivity index (χ2n) is 16.4. The maximum absolute atomic E-state index is 11.7. The van der Waals surface area contributed by atoms with Gasteiger partial charge in [0, 0.05) is 59.2 Å². The molecule has 2 heterocycles. The Hall–Kier alpha value is -2.85. The summed E-state index contributed by atoms with van der Waals surface area (Å²) in [6.07, 6.45) is 10.7. The quantitative estimate of drug-likeness (QED) is 0.0694. The third-order valence-electron chi connectivity index (χ3n) is 10.9. The minimum absolute atomic E-state index is 0. The molecule has 5 aromatic rings. The van der Waals surface area contributed by atoms with Crippen molar-refractivity contribution in [2.45, 2.75) is 120 Å². The number of fused-ring (bicyclic) bond motifs is 5. The molecule has 0 unspecified atom stereocenters. The molecule has 1 aliphatic rings.